The lowest BCUT2D eigenvalue weighted by atomic mass is 10.0. The van der Waals surface area contributed by atoms with E-state index in [0.29, 0.717) is 6.04 Å². The summed E-state index contributed by atoms with van der Waals surface area (Å²) in [6, 6.07) is 19.2. The molecule has 0 radical (unpaired) electrons. The number of fused-ring (bicyclic) bond motifs is 1. The first-order valence-electron chi connectivity index (χ1n) is 8.68. The number of nitrogens with zero attached hydrogens (tertiary/aromatic N) is 3. The average molecular weight is 321 g/mol. The molecular formula is C20H23N3O. The third kappa shape index (κ3) is 2.95. The van der Waals surface area contributed by atoms with Crippen LogP contribution in [-0.2, 0) is 13.2 Å². The first-order valence-corrected chi connectivity index (χ1v) is 8.68. The van der Waals surface area contributed by atoms with Crippen LogP contribution in [0.2, 0.25) is 0 Å². The smallest absolute Gasteiger partial charge is 0.136 e. The van der Waals surface area contributed by atoms with Crippen molar-refractivity contribution in [1.82, 2.24) is 14.5 Å². The molecule has 4 heteroatoms. The molecule has 2 heterocycles. The highest BCUT2D eigenvalue weighted by atomic mass is 16.3. The van der Waals surface area contributed by atoms with Gasteiger partial charge in [-0.2, -0.15) is 0 Å². The Hall–Kier alpha value is -2.17. The molecule has 1 aliphatic rings. The van der Waals surface area contributed by atoms with Crippen LogP contribution in [0, 0.1) is 0 Å². The number of benzene rings is 2. The van der Waals surface area contributed by atoms with E-state index in [9.17, 15) is 5.11 Å². The highest BCUT2D eigenvalue weighted by Gasteiger charge is 2.24. The third-order valence-corrected chi connectivity index (χ3v) is 4.91. The molecule has 1 N–H and O–H groups in total. The fourth-order valence-electron chi connectivity index (χ4n) is 3.84. The van der Waals surface area contributed by atoms with E-state index >= 15 is 0 Å². The zero-order chi connectivity index (χ0) is 16.4. The molecule has 1 unspecified atom stereocenters. The van der Waals surface area contributed by atoms with Crippen LogP contribution >= 0.6 is 0 Å². The van der Waals surface area contributed by atoms with Crippen molar-refractivity contribution in [3.05, 3.63) is 66.0 Å². The molecule has 0 amide bonds. The fourth-order valence-corrected chi connectivity index (χ4v) is 3.84. The molecule has 4 nitrogen and oxygen atoms in total. The van der Waals surface area contributed by atoms with E-state index < -0.39 is 0 Å². The van der Waals surface area contributed by atoms with Crippen molar-refractivity contribution in [3.8, 4) is 0 Å². The summed E-state index contributed by atoms with van der Waals surface area (Å²) < 4.78 is 2.26. The first kappa shape index (κ1) is 15.4. The number of imidazole rings is 1. The lowest BCUT2D eigenvalue weighted by Gasteiger charge is -2.34. The highest BCUT2D eigenvalue weighted by molar-refractivity contribution is 5.76. The van der Waals surface area contributed by atoms with Gasteiger partial charge in [-0.25, -0.2) is 4.98 Å². The van der Waals surface area contributed by atoms with Gasteiger partial charge in [0.25, 0.3) is 0 Å². The maximum Gasteiger partial charge on any atom is 0.136 e. The topological polar surface area (TPSA) is 41.3 Å². The molecule has 2 aromatic carbocycles. The zero-order valence-corrected chi connectivity index (χ0v) is 13.8. The molecular weight excluding hydrogens is 298 g/mol. The number of likely N-dealkylation sites (tertiary alicyclic amines) is 1. The van der Waals surface area contributed by atoms with Crippen molar-refractivity contribution in [2.75, 3.05) is 13.1 Å². The maximum atomic E-state index is 9.75. The molecule has 1 aromatic heterocycles. The van der Waals surface area contributed by atoms with Gasteiger partial charge >= 0.3 is 0 Å². The van der Waals surface area contributed by atoms with Crippen molar-refractivity contribution in [3.63, 3.8) is 0 Å². The Labute approximate surface area is 142 Å². The molecule has 0 aliphatic carbocycles. The second-order valence-corrected chi connectivity index (χ2v) is 6.56. The minimum Gasteiger partial charge on any atom is -0.388 e. The van der Waals surface area contributed by atoms with Crippen LogP contribution in [0.5, 0.6) is 0 Å². The summed E-state index contributed by atoms with van der Waals surface area (Å²) in [5, 5.41) is 9.75. The van der Waals surface area contributed by atoms with Crippen LogP contribution in [0.1, 0.15) is 30.3 Å². The molecule has 24 heavy (non-hydrogen) atoms. The molecule has 3 aromatic rings. The van der Waals surface area contributed by atoms with Gasteiger partial charge in [-0.1, -0.05) is 42.5 Å². The van der Waals surface area contributed by atoms with Gasteiger partial charge in [0, 0.05) is 19.1 Å². The van der Waals surface area contributed by atoms with Crippen LogP contribution < -0.4 is 0 Å². The van der Waals surface area contributed by atoms with Crippen LogP contribution in [-0.4, -0.2) is 32.6 Å². The predicted octanol–water partition coefficient (Wildman–Crippen LogP) is 3.37. The van der Waals surface area contributed by atoms with E-state index in [-0.39, 0.29) is 6.61 Å². The van der Waals surface area contributed by atoms with Gasteiger partial charge in [0.05, 0.1) is 11.0 Å². The maximum absolute atomic E-state index is 9.75. The second-order valence-electron chi connectivity index (χ2n) is 6.56. The lowest BCUT2D eigenvalue weighted by Crippen LogP contribution is -2.36. The number of piperidine rings is 1. The number of aromatic nitrogens is 2. The van der Waals surface area contributed by atoms with Crippen molar-refractivity contribution < 1.29 is 5.11 Å². The summed E-state index contributed by atoms with van der Waals surface area (Å²) in [6.07, 6.45) is 2.31. The van der Waals surface area contributed by atoms with Gasteiger partial charge < -0.3 is 9.67 Å². The van der Waals surface area contributed by atoms with Gasteiger partial charge in [0.15, 0.2) is 0 Å². The Morgan fingerprint density at radius 3 is 2.67 bits per heavy atom. The number of aliphatic hydroxyl groups is 1. The van der Waals surface area contributed by atoms with Gasteiger partial charge in [-0.3, -0.25) is 4.90 Å². The van der Waals surface area contributed by atoms with Crippen molar-refractivity contribution >= 4 is 11.0 Å². The number of rotatable bonds is 4. The minimum atomic E-state index is -0.0101. The minimum absolute atomic E-state index is 0.0101. The van der Waals surface area contributed by atoms with E-state index in [1.54, 1.807) is 0 Å². The van der Waals surface area contributed by atoms with Gasteiger partial charge in [0.2, 0.25) is 0 Å². The normalized spacial score (nSPS) is 19.0. The second kappa shape index (κ2) is 6.75. The molecule has 0 bridgehead atoms. The molecule has 1 aliphatic heterocycles. The Kier molecular flexibility index (Phi) is 4.32. The standard InChI is InChI=1S/C20H23N3O/c24-15-20-21-18-10-4-5-11-19(18)23(20)17-9-6-12-22(14-17)13-16-7-2-1-3-8-16/h1-5,7-8,10-11,17,24H,6,9,12-15H2. The third-order valence-electron chi connectivity index (χ3n) is 4.91. The van der Waals surface area contributed by atoms with Gasteiger partial charge in [0.1, 0.15) is 12.4 Å². The van der Waals surface area contributed by atoms with Crippen molar-refractivity contribution in [2.45, 2.75) is 32.0 Å². The zero-order valence-electron chi connectivity index (χ0n) is 13.8. The Morgan fingerprint density at radius 2 is 1.83 bits per heavy atom. The fraction of sp³-hybridized carbons (Fsp3) is 0.350. The molecule has 1 saturated heterocycles. The lowest BCUT2D eigenvalue weighted by molar-refractivity contribution is 0.165. The molecule has 0 saturated carbocycles. The summed E-state index contributed by atoms with van der Waals surface area (Å²) in [7, 11) is 0. The number of hydrogen-bond acceptors (Lipinski definition) is 3. The average Bonchev–Trinajstić information content (AvgIpc) is 3.01. The summed E-state index contributed by atoms with van der Waals surface area (Å²) in [4.78, 5) is 7.12. The summed E-state index contributed by atoms with van der Waals surface area (Å²) in [6.45, 7) is 3.11. The number of hydrogen-bond donors (Lipinski definition) is 1. The van der Waals surface area contributed by atoms with E-state index in [0.717, 1.165) is 42.9 Å². The van der Waals surface area contributed by atoms with E-state index in [1.807, 2.05) is 18.2 Å². The highest BCUT2D eigenvalue weighted by Crippen LogP contribution is 2.28. The molecule has 1 fully saturated rings. The van der Waals surface area contributed by atoms with Gasteiger partial charge in [-0.15, -0.1) is 0 Å². The number of para-hydroxylation sites is 2. The van der Waals surface area contributed by atoms with Crippen molar-refractivity contribution in [2.24, 2.45) is 0 Å². The van der Waals surface area contributed by atoms with Crippen LogP contribution in [0.3, 0.4) is 0 Å². The van der Waals surface area contributed by atoms with Crippen molar-refractivity contribution in [1.29, 1.82) is 0 Å². The Morgan fingerprint density at radius 1 is 1.04 bits per heavy atom. The summed E-state index contributed by atoms with van der Waals surface area (Å²) in [5.41, 5.74) is 3.46. The molecule has 1 atom stereocenters. The van der Waals surface area contributed by atoms with Crippen LogP contribution in [0.25, 0.3) is 11.0 Å². The Bertz CT molecular complexity index is 812. The molecule has 124 valence electrons. The van der Waals surface area contributed by atoms with E-state index in [1.165, 1.54) is 12.0 Å². The SMILES string of the molecule is OCc1nc2ccccc2n1C1CCCN(Cc2ccccc2)C1. The monoisotopic (exact) mass is 321 g/mol. The molecule has 0 spiro atoms. The first-order chi connectivity index (χ1) is 11.8. The summed E-state index contributed by atoms with van der Waals surface area (Å²) >= 11 is 0. The van der Waals surface area contributed by atoms with E-state index in [2.05, 4.69) is 50.8 Å². The van der Waals surface area contributed by atoms with Crippen LogP contribution in [0.15, 0.2) is 54.6 Å². The number of aliphatic hydroxyl groups excluding tert-OH is 1. The van der Waals surface area contributed by atoms with Gasteiger partial charge in [-0.05, 0) is 37.1 Å². The predicted molar refractivity (Wildman–Crippen MR) is 95.6 cm³/mol. The van der Waals surface area contributed by atoms with Crippen LogP contribution in [0.4, 0.5) is 0 Å². The largest absolute Gasteiger partial charge is 0.388 e. The summed E-state index contributed by atoms with van der Waals surface area (Å²) in [5.74, 6) is 0.780. The van der Waals surface area contributed by atoms with E-state index in [4.69, 9.17) is 0 Å². The molecule has 4 rings (SSSR count). The quantitative estimate of drug-likeness (QED) is 0.801. The Balaban J connectivity index is 1.60.